The summed E-state index contributed by atoms with van der Waals surface area (Å²) in [7, 11) is 1.83. The molecule has 0 atom stereocenters. The summed E-state index contributed by atoms with van der Waals surface area (Å²) in [6.07, 6.45) is 0. The fourth-order valence-electron chi connectivity index (χ4n) is 1.90. The molecule has 0 spiro atoms. The molecule has 0 aliphatic heterocycles. The van der Waals surface area contributed by atoms with Crippen LogP contribution in [0.1, 0.15) is 10.6 Å². The van der Waals surface area contributed by atoms with Crippen molar-refractivity contribution < 1.29 is 9.90 Å². The highest BCUT2D eigenvalue weighted by Gasteiger charge is 2.18. The van der Waals surface area contributed by atoms with Crippen molar-refractivity contribution in [3.05, 3.63) is 30.1 Å². The monoisotopic (exact) mass is 216 g/mol. The van der Waals surface area contributed by atoms with E-state index in [1.54, 1.807) is 0 Å². The molecule has 0 fully saturated rings. The van der Waals surface area contributed by atoms with E-state index in [0.717, 1.165) is 11.0 Å². The number of hydrogen-bond donors (Lipinski definition) is 1. The number of nitrogens with zero attached hydrogens (tertiary/aromatic N) is 4. The predicted octanol–water partition coefficient (Wildman–Crippen LogP) is 0.919. The third-order valence-corrected chi connectivity index (χ3v) is 2.62. The maximum atomic E-state index is 11.0. The number of aryl methyl sites for hydroxylation is 1. The van der Waals surface area contributed by atoms with E-state index in [1.165, 1.54) is 4.40 Å². The van der Waals surface area contributed by atoms with E-state index < -0.39 is 5.97 Å². The third-order valence-electron chi connectivity index (χ3n) is 2.62. The van der Waals surface area contributed by atoms with Crippen LogP contribution in [0.2, 0.25) is 0 Å². The molecule has 0 saturated carbocycles. The quantitative estimate of drug-likeness (QED) is 0.656. The van der Waals surface area contributed by atoms with Crippen LogP contribution >= 0.6 is 0 Å². The van der Waals surface area contributed by atoms with Gasteiger partial charge in [0.1, 0.15) is 0 Å². The first-order valence-corrected chi connectivity index (χ1v) is 4.72. The molecule has 2 aromatic heterocycles. The van der Waals surface area contributed by atoms with E-state index in [9.17, 15) is 4.79 Å². The Morgan fingerprint density at radius 3 is 2.62 bits per heavy atom. The molecule has 1 aromatic carbocycles. The largest absolute Gasteiger partial charge is 0.475 e. The highest BCUT2D eigenvalue weighted by atomic mass is 16.4. The van der Waals surface area contributed by atoms with Gasteiger partial charge in [0.05, 0.1) is 11.0 Å². The minimum atomic E-state index is -1.08. The molecule has 3 aromatic rings. The lowest BCUT2D eigenvalue weighted by atomic mass is 10.3. The summed E-state index contributed by atoms with van der Waals surface area (Å²) in [5, 5.41) is 16.5. The van der Waals surface area contributed by atoms with Gasteiger partial charge in [0.2, 0.25) is 11.6 Å². The number of hydrogen-bond acceptors (Lipinski definition) is 3. The Bertz CT molecular complexity index is 710. The number of imidazole rings is 1. The standard InChI is InChI=1S/C10H8N4O2/c1-13-6-4-2-3-5-7(6)14-8(9(15)16)11-12-10(13)14/h2-5H,1H3,(H,15,16). The Balaban J connectivity index is 2.60. The Hall–Kier alpha value is -2.37. The van der Waals surface area contributed by atoms with Crippen molar-refractivity contribution in [2.24, 2.45) is 7.05 Å². The summed E-state index contributed by atoms with van der Waals surface area (Å²) in [6, 6.07) is 7.51. The summed E-state index contributed by atoms with van der Waals surface area (Å²) >= 11 is 0. The SMILES string of the molecule is Cn1c2ccccc2n2c(C(=O)O)nnc12. The van der Waals surface area contributed by atoms with E-state index in [4.69, 9.17) is 5.11 Å². The first-order valence-electron chi connectivity index (χ1n) is 4.72. The lowest BCUT2D eigenvalue weighted by Gasteiger charge is -1.93. The molecule has 2 heterocycles. The van der Waals surface area contributed by atoms with Gasteiger partial charge in [-0.3, -0.25) is 4.40 Å². The van der Waals surface area contributed by atoms with Gasteiger partial charge in [-0.1, -0.05) is 12.1 Å². The molecule has 0 saturated heterocycles. The number of carboxylic acids is 1. The second kappa shape index (κ2) is 2.82. The van der Waals surface area contributed by atoms with Crippen LogP contribution in [0.4, 0.5) is 0 Å². The number of fused-ring (bicyclic) bond motifs is 3. The number of benzene rings is 1. The van der Waals surface area contributed by atoms with Crippen molar-refractivity contribution in [1.29, 1.82) is 0 Å². The molecule has 80 valence electrons. The van der Waals surface area contributed by atoms with Gasteiger partial charge in [0.25, 0.3) is 0 Å². The molecule has 0 bridgehead atoms. The van der Waals surface area contributed by atoms with Crippen LogP contribution in [-0.2, 0) is 7.05 Å². The molecule has 0 radical (unpaired) electrons. The summed E-state index contributed by atoms with van der Waals surface area (Å²) in [4.78, 5) is 11.0. The average molecular weight is 216 g/mol. The number of rotatable bonds is 1. The fourth-order valence-corrected chi connectivity index (χ4v) is 1.90. The number of aromatic nitrogens is 4. The lowest BCUT2D eigenvalue weighted by Crippen LogP contribution is -2.02. The molecule has 0 aliphatic carbocycles. The van der Waals surface area contributed by atoms with E-state index in [1.807, 2.05) is 35.9 Å². The highest BCUT2D eigenvalue weighted by Crippen LogP contribution is 2.19. The van der Waals surface area contributed by atoms with Crippen LogP contribution in [0, 0.1) is 0 Å². The van der Waals surface area contributed by atoms with Crippen molar-refractivity contribution in [1.82, 2.24) is 19.2 Å². The first kappa shape index (κ1) is 8.90. The van der Waals surface area contributed by atoms with E-state index in [2.05, 4.69) is 10.2 Å². The Morgan fingerprint density at radius 1 is 1.25 bits per heavy atom. The minimum Gasteiger partial charge on any atom is -0.475 e. The van der Waals surface area contributed by atoms with E-state index in [0.29, 0.717) is 5.78 Å². The zero-order chi connectivity index (χ0) is 11.3. The summed E-state index contributed by atoms with van der Waals surface area (Å²) in [5.41, 5.74) is 1.72. The molecule has 3 rings (SSSR count). The van der Waals surface area contributed by atoms with E-state index >= 15 is 0 Å². The molecular formula is C10H8N4O2. The van der Waals surface area contributed by atoms with Crippen LogP contribution in [-0.4, -0.2) is 30.2 Å². The zero-order valence-corrected chi connectivity index (χ0v) is 8.45. The van der Waals surface area contributed by atoms with Crippen molar-refractivity contribution in [3.63, 3.8) is 0 Å². The second-order valence-electron chi connectivity index (χ2n) is 3.51. The molecule has 0 aliphatic rings. The number of aromatic carboxylic acids is 1. The predicted molar refractivity (Wildman–Crippen MR) is 56.4 cm³/mol. The van der Waals surface area contributed by atoms with E-state index in [-0.39, 0.29) is 5.82 Å². The average Bonchev–Trinajstić information content (AvgIpc) is 2.81. The summed E-state index contributed by atoms with van der Waals surface area (Å²) < 4.78 is 3.35. The van der Waals surface area contributed by atoms with Crippen molar-refractivity contribution in [3.8, 4) is 0 Å². The van der Waals surface area contributed by atoms with Gasteiger partial charge < -0.3 is 9.67 Å². The zero-order valence-electron chi connectivity index (χ0n) is 8.45. The number of carboxylic acid groups (broad SMARTS) is 1. The Labute approximate surface area is 89.7 Å². The van der Waals surface area contributed by atoms with Gasteiger partial charge in [-0.05, 0) is 12.1 Å². The Kier molecular flexibility index (Phi) is 1.57. The smallest absolute Gasteiger partial charge is 0.374 e. The second-order valence-corrected chi connectivity index (χ2v) is 3.51. The van der Waals surface area contributed by atoms with Crippen LogP contribution in [0.25, 0.3) is 16.8 Å². The molecule has 6 nitrogen and oxygen atoms in total. The van der Waals surface area contributed by atoms with Crippen molar-refractivity contribution >= 4 is 22.8 Å². The third kappa shape index (κ3) is 0.928. The van der Waals surface area contributed by atoms with Crippen LogP contribution in [0.15, 0.2) is 24.3 Å². The van der Waals surface area contributed by atoms with Crippen molar-refractivity contribution in [2.45, 2.75) is 0 Å². The molecule has 0 amide bonds. The maximum Gasteiger partial charge on any atom is 0.374 e. The fraction of sp³-hybridized carbons (Fsp3) is 0.100. The van der Waals surface area contributed by atoms with Gasteiger partial charge in [0, 0.05) is 7.05 Å². The topological polar surface area (TPSA) is 72.4 Å². The van der Waals surface area contributed by atoms with Crippen LogP contribution in [0.3, 0.4) is 0 Å². The molecule has 0 unspecified atom stereocenters. The number of para-hydroxylation sites is 2. The van der Waals surface area contributed by atoms with Gasteiger partial charge in [-0.15, -0.1) is 10.2 Å². The first-order chi connectivity index (χ1) is 7.70. The Morgan fingerprint density at radius 2 is 1.94 bits per heavy atom. The van der Waals surface area contributed by atoms with Gasteiger partial charge >= 0.3 is 5.97 Å². The number of carbonyl (C=O) groups is 1. The molecular weight excluding hydrogens is 208 g/mol. The lowest BCUT2D eigenvalue weighted by molar-refractivity contribution is 0.0682. The van der Waals surface area contributed by atoms with Gasteiger partial charge in [0.15, 0.2) is 0 Å². The maximum absolute atomic E-state index is 11.0. The highest BCUT2D eigenvalue weighted by molar-refractivity contribution is 5.89. The van der Waals surface area contributed by atoms with Crippen LogP contribution in [0.5, 0.6) is 0 Å². The summed E-state index contributed by atoms with van der Waals surface area (Å²) in [5.74, 6) is -0.616. The van der Waals surface area contributed by atoms with Gasteiger partial charge in [-0.25, -0.2) is 4.79 Å². The summed E-state index contributed by atoms with van der Waals surface area (Å²) in [6.45, 7) is 0. The normalized spacial score (nSPS) is 11.3. The van der Waals surface area contributed by atoms with Gasteiger partial charge in [-0.2, -0.15) is 0 Å². The van der Waals surface area contributed by atoms with Crippen molar-refractivity contribution in [2.75, 3.05) is 0 Å². The molecule has 1 N–H and O–H groups in total. The molecule has 16 heavy (non-hydrogen) atoms. The minimum absolute atomic E-state index is 0.0631. The molecule has 6 heteroatoms. The van der Waals surface area contributed by atoms with Crippen LogP contribution < -0.4 is 0 Å².